The number of carbonyl (C=O) groups excluding carboxylic acids is 1. The number of aromatic amines is 1. The number of nitrogens with one attached hydrogen (secondary N) is 2. The van der Waals surface area contributed by atoms with Crippen LogP contribution in [0.1, 0.15) is 35.9 Å². The first-order valence-corrected chi connectivity index (χ1v) is 7.28. The third-order valence-corrected chi connectivity index (χ3v) is 3.79. The molecule has 8 heteroatoms. The number of aromatic nitrogens is 2. The number of anilines is 2. The van der Waals surface area contributed by atoms with Crippen molar-refractivity contribution < 1.29 is 9.18 Å². The van der Waals surface area contributed by atoms with Gasteiger partial charge in [-0.25, -0.2) is 4.39 Å². The van der Waals surface area contributed by atoms with E-state index in [1.165, 1.54) is 6.07 Å². The lowest BCUT2D eigenvalue weighted by atomic mass is 10.1. The standard InChI is InChI=1S/C13H13BrClFN4O/c1-5(2)10-9(17)12(20-19-10)13(21)18-11-7(14)3-6(16)4-8(11)15/h3-5H,17H2,1-2H3,(H,18,21)(H,19,20). The fourth-order valence-electron chi connectivity index (χ4n) is 1.81. The van der Waals surface area contributed by atoms with Crippen LogP contribution in [0.5, 0.6) is 0 Å². The zero-order valence-electron chi connectivity index (χ0n) is 11.3. The van der Waals surface area contributed by atoms with Gasteiger partial charge in [0.05, 0.1) is 22.1 Å². The third-order valence-electron chi connectivity index (χ3n) is 2.87. The van der Waals surface area contributed by atoms with Gasteiger partial charge in [-0.15, -0.1) is 0 Å². The quantitative estimate of drug-likeness (QED) is 0.760. The van der Waals surface area contributed by atoms with Crippen LogP contribution in [0.15, 0.2) is 16.6 Å². The van der Waals surface area contributed by atoms with E-state index in [4.69, 9.17) is 17.3 Å². The molecule has 0 aliphatic heterocycles. The van der Waals surface area contributed by atoms with Crippen molar-refractivity contribution in [1.82, 2.24) is 10.2 Å². The predicted octanol–water partition coefficient (Wildman–Crippen LogP) is 3.92. The maximum absolute atomic E-state index is 13.2. The molecule has 1 heterocycles. The van der Waals surface area contributed by atoms with Crippen molar-refractivity contribution in [1.29, 1.82) is 0 Å². The maximum Gasteiger partial charge on any atom is 0.278 e. The summed E-state index contributed by atoms with van der Waals surface area (Å²) in [7, 11) is 0. The molecule has 0 radical (unpaired) electrons. The van der Waals surface area contributed by atoms with Crippen LogP contribution in [0.4, 0.5) is 15.8 Å². The molecule has 0 saturated carbocycles. The topological polar surface area (TPSA) is 83.8 Å². The Kier molecular flexibility index (Phi) is 4.53. The maximum atomic E-state index is 13.2. The van der Waals surface area contributed by atoms with Crippen LogP contribution in [-0.4, -0.2) is 16.1 Å². The Morgan fingerprint density at radius 1 is 1.52 bits per heavy atom. The second kappa shape index (κ2) is 6.03. The first-order chi connectivity index (χ1) is 9.81. The molecule has 0 aliphatic carbocycles. The van der Waals surface area contributed by atoms with Gasteiger partial charge in [0, 0.05) is 4.47 Å². The minimum atomic E-state index is -0.523. The van der Waals surface area contributed by atoms with E-state index in [1.807, 2.05) is 13.8 Å². The van der Waals surface area contributed by atoms with Gasteiger partial charge in [0.25, 0.3) is 5.91 Å². The molecule has 2 aromatic rings. The molecule has 0 saturated heterocycles. The van der Waals surface area contributed by atoms with E-state index in [0.29, 0.717) is 10.2 Å². The van der Waals surface area contributed by atoms with Crippen molar-refractivity contribution in [3.63, 3.8) is 0 Å². The Balaban J connectivity index is 2.31. The van der Waals surface area contributed by atoms with E-state index >= 15 is 0 Å². The van der Waals surface area contributed by atoms with E-state index in [0.717, 1.165) is 6.07 Å². The molecule has 4 N–H and O–H groups in total. The lowest BCUT2D eigenvalue weighted by molar-refractivity contribution is 0.102. The minimum Gasteiger partial charge on any atom is -0.395 e. The highest BCUT2D eigenvalue weighted by atomic mass is 79.9. The second-order valence-corrected chi connectivity index (χ2v) is 6.01. The van der Waals surface area contributed by atoms with Crippen LogP contribution in [0.25, 0.3) is 0 Å². The highest BCUT2D eigenvalue weighted by molar-refractivity contribution is 9.10. The van der Waals surface area contributed by atoms with Crippen molar-refractivity contribution in [3.05, 3.63) is 38.8 Å². The average Bonchev–Trinajstić information content (AvgIpc) is 2.75. The van der Waals surface area contributed by atoms with Crippen molar-refractivity contribution in [2.45, 2.75) is 19.8 Å². The van der Waals surface area contributed by atoms with Crippen LogP contribution >= 0.6 is 27.5 Å². The van der Waals surface area contributed by atoms with E-state index in [-0.39, 0.29) is 28.0 Å². The van der Waals surface area contributed by atoms with Gasteiger partial charge in [-0.2, -0.15) is 5.10 Å². The Bertz CT molecular complexity index is 678. The van der Waals surface area contributed by atoms with Crippen molar-refractivity contribution in [2.75, 3.05) is 11.1 Å². The van der Waals surface area contributed by atoms with Gasteiger partial charge in [-0.1, -0.05) is 25.4 Å². The summed E-state index contributed by atoms with van der Waals surface area (Å²) < 4.78 is 13.5. The summed E-state index contributed by atoms with van der Waals surface area (Å²) in [4.78, 5) is 12.2. The normalized spacial score (nSPS) is 11.0. The number of hydrogen-bond acceptors (Lipinski definition) is 3. The number of amides is 1. The number of halogens is 3. The van der Waals surface area contributed by atoms with Crippen LogP contribution in [-0.2, 0) is 0 Å². The molecule has 1 aromatic heterocycles. The van der Waals surface area contributed by atoms with Gasteiger partial charge in [-0.3, -0.25) is 9.89 Å². The third kappa shape index (κ3) is 3.19. The molecule has 112 valence electrons. The molecule has 21 heavy (non-hydrogen) atoms. The highest BCUT2D eigenvalue weighted by Gasteiger charge is 2.20. The van der Waals surface area contributed by atoms with Gasteiger partial charge in [0.2, 0.25) is 0 Å². The van der Waals surface area contributed by atoms with E-state index in [1.54, 1.807) is 0 Å². The van der Waals surface area contributed by atoms with Crippen LogP contribution in [0.2, 0.25) is 5.02 Å². The number of nitrogens with zero attached hydrogens (tertiary/aromatic N) is 1. The molecule has 0 spiro atoms. The summed E-state index contributed by atoms with van der Waals surface area (Å²) in [6.45, 7) is 3.86. The van der Waals surface area contributed by atoms with Crippen LogP contribution in [0, 0.1) is 5.82 Å². The van der Waals surface area contributed by atoms with E-state index in [9.17, 15) is 9.18 Å². The summed E-state index contributed by atoms with van der Waals surface area (Å²) in [5.41, 5.74) is 7.21. The number of H-pyrrole nitrogens is 1. The number of carbonyl (C=O) groups is 1. The molecule has 1 amide bonds. The summed E-state index contributed by atoms with van der Waals surface area (Å²) in [6.07, 6.45) is 0. The van der Waals surface area contributed by atoms with Gasteiger partial charge >= 0.3 is 0 Å². The number of rotatable bonds is 3. The largest absolute Gasteiger partial charge is 0.395 e. The van der Waals surface area contributed by atoms with Crippen molar-refractivity contribution in [2.24, 2.45) is 0 Å². The van der Waals surface area contributed by atoms with Gasteiger partial charge in [-0.05, 0) is 34.0 Å². The second-order valence-electron chi connectivity index (χ2n) is 4.75. The average molecular weight is 376 g/mol. The molecule has 0 aliphatic rings. The van der Waals surface area contributed by atoms with E-state index in [2.05, 4.69) is 31.4 Å². The number of hydrogen-bond donors (Lipinski definition) is 3. The summed E-state index contributed by atoms with van der Waals surface area (Å²) in [5.74, 6) is -0.920. The summed E-state index contributed by atoms with van der Waals surface area (Å²) >= 11 is 9.06. The molecule has 0 unspecified atom stereocenters. The van der Waals surface area contributed by atoms with Gasteiger partial charge in [0.1, 0.15) is 5.82 Å². The molecule has 1 aromatic carbocycles. The fraction of sp³-hybridized carbons (Fsp3) is 0.231. The molecule has 0 bridgehead atoms. The fourth-order valence-corrected chi connectivity index (χ4v) is 2.71. The van der Waals surface area contributed by atoms with Gasteiger partial charge < -0.3 is 11.1 Å². The highest BCUT2D eigenvalue weighted by Crippen LogP contribution is 2.32. The molecule has 5 nitrogen and oxygen atoms in total. The Labute approximate surface area is 134 Å². The Morgan fingerprint density at radius 3 is 2.71 bits per heavy atom. The Hall–Kier alpha value is -1.60. The first kappa shape index (κ1) is 15.8. The zero-order chi connectivity index (χ0) is 15.7. The zero-order valence-corrected chi connectivity index (χ0v) is 13.6. The Morgan fingerprint density at radius 2 is 2.19 bits per heavy atom. The van der Waals surface area contributed by atoms with Crippen LogP contribution < -0.4 is 11.1 Å². The van der Waals surface area contributed by atoms with Gasteiger partial charge in [0.15, 0.2) is 5.69 Å². The molecule has 0 atom stereocenters. The molecular formula is C13H13BrClFN4O. The molecular weight excluding hydrogens is 363 g/mol. The predicted molar refractivity (Wildman–Crippen MR) is 84.2 cm³/mol. The van der Waals surface area contributed by atoms with Crippen molar-refractivity contribution >= 4 is 44.8 Å². The lowest BCUT2D eigenvalue weighted by Crippen LogP contribution is -2.15. The number of nitrogens with two attached hydrogens (primary N) is 1. The minimum absolute atomic E-state index is 0.0750. The van der Waals surface area contributed by atoms with E-state index < -0.39 is 11.7 Å². The summed E-state index contributed by atoms with van der Waals surface area (Å²) in [5, 5.41) is 9.30. The van der Waals surface area contributed by atoms with Crippen molar-refractivity contribution in [3.8, 4) is 0 Å². The molecule has 0 fully saturated rings. The smallest absolute Gasteiger partial charge is 0.278 e. The monoisotopic (exact) mass is 374 g/mol. The number of benzene rings is 1. The SMILES string of the molecule is CC(C)c1[nH]nc(C(=O)Nc2c(Cl)cc(F)cc2Br)c1N. The van der Waals surface area contributed by atoms with Crippen LogP contribution in [0.3, 0.4) is 0 Å². The first-order valence-electron chi connectivity index (χ1n) is 6.11. The summed E-state index contributed by atoms with van der Waals surface area (Å²) in [6, 6.07) is 2.31. The molecule has 2 rings (SSSR count). The lowest BCUT2D eigenvalue weighted by Gasteiger charge is -2.09. The number of nitrogen functional groups attached to an aromatic ring is 1.